The molecule has 1 aromatic rings. The molecule has 1 nitrogen and oxygen atoms in total. The molecule has 0 fully saturated rings. The van der Waals surface area contributed by atoms with Gasteiger partial charge in [0.2, 0.25) is 0 Å². The summed E-state index contributed by atoms with van der Waals surface area (Å²) in [5.41, 5.74) is 7.36. The van der Waals surface area contributed by atoms with Crippen LogP contribution in [0.1, 0.15) is 18.9 Å². The van der Waals surface area contributed by atoms with Gasteiger partial charge in [-0.2, -0.15) is 0 Å². The maximum Gasteiger partial charge on any atom is 0.123 e. The molecule has 0 spiro atoms. The number of rotatable bonds is 3. The van der Waals surface area contributed by atoms with Gasteiger partial charge >= 0.3 is 0 Å². The Morgan fingerprint density at radius 3 is 2.92 bits per heavy atom. The molecule has 0 aliphatic heterocycles. The van der Waals surface area contributed by atoms with Gasteiger partial charge < -0.3 is 5.73 Å². The second-order valence-corrected chi connectivity index (χ2v) is 2.97. The van der Waals surface area contributed by atoms with Crippen LogP contribution in [-0.2, 0) is 0 Å². The molecular formula is C11H14FN. The zero-order valence-corrected chi connectivity index (χ0v) is 7.76. The molecule has 2 heteroatoms. The Balaban J connectivity index is 2.82. The molecule has 2 N–H and O–H groups in total. The third kappa shape index (κ3) is 2.99. The van der Waals surface area contributed by atoms with Gasteiger partial charge in [0, 0.05) is 0 Å². The van der Waals surface area contributed by atoms with Crippen LogP contribution in [0, 0.1) is 5.82 Å². The molecule has 1 rings (SSSR count). The average Bonchev–Trinajstić information content (AvgIpc) is 2.14. The van der Waals surface area contributed by atoms with Crippen molar-refractivity contribution in [1.29, 1.82) is 0 Å². The molecule has 0 heterocycles. The minimum absolute atomic E-state index is 0.196. The van der Waals surface area contributed by atoms with Crippen LogP contribution < -0.4 is 5.73 Å². The standard InChI is InChI=1S/C11H14FN/c1-9(4-3-7-13)10-5-2-6-11(12)8-10/h2,4-6,8H,3,7,13H2,1H3. The minimum Gasteiger partial charge on any atom is -0.330 e. The number of hydrogen-bond donors (Lipinski definition) is 1. The highest BCUT2D eigenvalue weighted by molar-refractivity contribution is 5.63. The van der Waals surface area contributed by atoms with E-state index in [9.17, 15) is 4.39 Å². The van der Waals surface area contributed by atoms with Crippen LogP contribution in [0.15, 0.2) is 30.3 Å². The second kappa shape index (κ2) is 4.77. The summed E-state index contributed by atoms with van der Waals surface area (Å²) in [5.74, 6) is -0.196. The van der Waals surface area contributed by atoms with Crippen LogP contribution in [0.3, 0.4) is 0 Å². The summed E-state index contributed by atoms with van der Waals surface area (Å²) in [4.78, 5) is 0. The van der Waals surface area contributed by atoms with Crippen molar-refractivity contribution in [2.45, 2.75) is 13.3 Å². The Hall–Kier alpha value is -1.15. The van der Waals surface area contributed by atoms with E-state index in [4.69, 9.17) is 5.73 Å². The van der Waals surface area contributed by atoms with Gasteiger partial charge in [0.05, 0.1) is 0 Å². The van der Waals surface area contributed by atoms with Crippen molar-refractivity contribution in [2.75, 3.05) is 6.54 Å². The van der Waals surface area contributed by atoms with E-state index in [1.165, 1.54) is 12.1 Å². The molecule has 0 aliphatic carbocycles. The first kappa shape index (κ1) is 9.93. The van der Waals surface area contributed by atoms with Crippen LogP contribution in [0.2, 0.25) is 0 Å². The van der Waals surface area contributed by atoms with Gasteiger partial charge in [-0.05, 0) is 43.2 Å². The van der Waals surface area contributed by atoms with Crippen LogP contribution in [0.25, 0.3) is 5.57 Å². The fraction of sp³-hybridized carbons (Fsp3) is 0.273. The zero-order valence-electron chi connectivity index (χ0n) is 7.76. The molecule has 0 aromatic heterocycles. The van der Waals surface area contributed by atoms with Crippen molar-refractivity contribution < 1.29 is 4.39 Å². The van der Waals surface area contributed by atoms with Crippen molar-refractivity contribution in [3.05, 3.63) is 41.7 Å². The molecule has 0 bridgehead atoms. The van der Waals surface area contributed by atoms with Crippen molar-refractivity contribution in [3.8, 4) is 0 Å². The highest BCUT2D eigenvalue weighted by atomic mass is 19.1. The molecule has 0 atom stereocenters. The summed E-state index contributed by atoms with van der Waals surface area (Å²) >= 11 is 0. The van der Waals surface area contributed by atoms with Crippen LogP contribution >= 0.6 is 0 Å². The first-order valence-electron chi connectivity index (χ1n) is 4.37. The number of allylic oxidation sites excluding steroid dienone is 1. The molecule has 0 saturated carbocycles. The molecule has 0 saturated heterocycles. The van der Waals surface area contributed by atoms with E-state index in [1.807, 2.05) is 19.1 Å². The molecular weight excluding hydrogens is 165 g/mol. The Labute approximate surface area is 78.1 Å². The Morgan fingerprint density at radius 1 is 1.54 bits per heavy atom. The summed E-state index contributed by atoms with van der Waals surface area (Å²) in [6, 6.07) is 6.58. The third-order valence-electron chi connectivity index (χ3n) is 1.90. The Bertz CT molecular complexity index is 305. The normalized spacial score (nSPS) is 11.8. The topological polar surface area (TPSA) is 26.0 Å². The third-order valence-corrected chi connectivity index (χ3v) is 1.90. The molecule has 0 amide bonds. The van der Waals surface area contributed by atoms with E-state index >= 15 is 0 Å². The molecule has 70 valence electrons. The number of benzene rings is 1. The molecule has 0 unspecified atom stereocenters. The van der Waals surface area contributed by atoms with Crippen LogP contribution in [-0.4, -0.2) is 6.54 Å². The highest BCUT2D eigenvalue weighted by Gasteiger charge is 1.95. The predicted molar refractivity (Wildman–Crippen MR) is 53.7 cm³/mol. The Kier molecular flexibility index (Phi) is 3.65. The van der Waals surface area contributed by atoms with Crippen LogP contribution in [0.4, 0.5) is 4.39 Å². The summed E-state index contributed by atoms with van der Waals surface area (Å²) in [5, 5.41) is 0. The fourth-order valence-corrected chi connectivity index (χ4v) is 1.15. The second-order valence-electron chi connectivity index (χ2n) is 2.97. The van der Waals surface area contributed by atoms with Gasteiger partial charge in [-0.25, -0.2) is 4.39 Å². The van der Waals surface area contributed by atoms with Gasteiger partial charge in [-0.1, -0.05) is 18.2 Å². The summed E-state index contributed by atoms with van der Waals surface area (Å²) in [6.45, 7) is 2.59. The summed E-state index contributed by atoms with van der Waals surface area (Å²) in [7, 11) is 0. The molecule has 1 aromatic carbocycles. The van der Waals surface area contributed by atoms with E-state index in [1.54, 1.807) is 6.07 Å². The smallest absolute Gasteiger partial charge is 0.123 e. The van der Waals surface area contributed by atoms with Gasteiger partial charge in [0.25, 0.3) is 0 Å². The fourth-order valence-electron chi connectivity index (χ4n) is 1.15. The van der Waals surface area contributed by atoms with Crippen molar-refractivity contribution >= 4 is 5.57 Å². The number of hydrogen-bond acceptors (Lipinski definition) is 1. The Morgan fingerprint density at radius 2 is 2.31 bits per heavy atom. The predicted octanol–water partition coefficient (Wildman–Crippen LogP) is 2.58. The van der Waals surface area contributed by atoms with E-state index in [2.05, 4.69) is 0 Å². The summed E-state index contributed by atoms with van der Waals surface area (Å²) < 4.78 is 12.8. The lowest BCUT2D eigenvalue weighted by molar-refractivity contribution is 0.627. The SMILES string of the molecule is CC(=CCCN)c1cccc(F)c1. The highest BCUT2D eigenvalue weighted by Crippen LogP contribution is 2.14. The number of nitrogens with two attached hydrogens (primary N) is 1. The van der Waals surface area contributed by atoms with Gasteiger partial charge in [-0.3, -0.25) is 0 Å². The van der Waals surface area contributed by atoms with Crippen LogP contribution in [0.5, 0.6) is 0 Å². The van der Waals surface area contributed by atoms with E-state index in [-0.39, 0.29) is 5.82 Å². The molecule has 0 radical (unpaired) electrons. The largest absolute Gasteiger partial charge is 0.330 e. The van der Waals surface area contributed by atoms with E-state index < -0.39 is 0 Å². The maximum atomic E-state index is 12.8. The van der Waals surface area contributed by atoms with Crippen molar-refractivity contribution in [2.24, 2.45) is 5.73 Å². The molecule has 0 aliphatic rings. The summed E-state index contributed by atoms with van der Waals surface area (Å²) in [6.07, 6.45) is 2.86. The average molecular weight is 179 g/mol. The van der Waals surface area contributed by atoms with Gasteiger partial charge in [0.15, 0.2) is 0 Å². The zero-order chi connectivity index (χ0) is 9.68. The minimum atomic E-state index is -0.196. The quantitative estimate of drug-likeness (QED) is 0.758. The monoisotopic (exact) mass is 179 g/mol. The lowest BCUT2D eigenvalue weighted by atomic mass is 10.1. The van der Waals surface area contributed by atoms with Gasteiger partial charge in [-0.15, -0.1) is 0 Å². The number of halogens is 1. The first-order valence-corrected chi connectivity index (χ1v) is 4.37. The van der Waals surface area contributed by atoms with E-state index in [0.717, 1.165) is 17.6 Å². The maximum absolute atomic E-state index is 12.8. The lowest BCUT2D eigenvalue weighted by Crippen LogP contribution is -1.95. The van der Waals surface area contributed by atoms with Gasteiger partial charge in [0.1, 0.15) is 5.82 Å². The first-order chi connectivity index (χ1) is 6.24. The lowest BCUT2D eigenvalue weighted by Gasteiger charge is -2.00. The van der Waals surface area contributed by atoms with E-state index in [0.29, 0.717) is 6.54 Å². The van der Waals surface area contributed by atoms with Crippen molar-refractivity contribution in [1.82, 2.24) is 0 Å². The molecule has 13 heavy (non-hydrogen) atoms. The van der Waals surface area contributed by atoms with Crippen molar-refractivity contribution in [3.63, 3.8) is 0 Å².